The molecular formula is C17H16ClFN2O2. The average Bonchev–Trinajstić information content (AvgIpc) is 2.53. The van der Waals surface area contributed by atoms with Crippen LogP contribution in [0.3, 0.4) is 0 Å². The fourth-order valence-corrected chi connectivity index (χ4v) is 2.40. The number of hydrogen-bond donors (Lipinski definition) is 2. The molecule has 0 heterocycles. The van der Waals surface area contributed by atoms with Crippen LogP contribution < -0.4 is 10.6 Å². The third kappa shape index (κ3) is 4.53. The van der Waals surface area contributed by atoms with Gasteiger partial charge < -0.3 is 10.6 Å². The molecule has 0 bridgehead atoms. The summed E-state index contributed by atoms with van der Waals surface area (Å²) in [6.07, 6.45) is 0. The molecule has 2 amide bonds. The normalized spacial score (nSPS) is 11.6. The van der Waals surface area contributed by atoms with Crippen molar-refractivity contribution in [1.82, 2.24) is 10.6 Å². The molecule has 2 N–H and O–H groups in total. The first-order chi connectivity index (χ1) is 11.0. The first kappa shape index (κ1) is 17.0. The largest absolute Gasteiger partial charge is 0.348 e. The van der Waals surface area contributed by atoms with E-state index in [-0.39, 0.29) is 24.1 Å². The summed E-state index contributed by atoms with van der Waals surface area (Å²) in [5.74, 6) is -1.65. The van der Waals surface area contributed by atoms with Crippen LogP contribution in [-0.2, 0) is 4.79 Å². The van der Waals surface area contributed by atoms with Crippen LogP contribution in [0.4, 0.5) is 4.39 Å². The Kier molecular flexibility index (Phi) is 5.71. The Morgan fingerprint density at radius 2 is 1.78 bits per heavy atom. The van der Waals surface area contributed by atoms with Gasteiger partial charge in [0.2, 0.25) is 5.91 Å². The zero-order chi connectivity index (χ0) is 16.8. The third-order valence-corrected chi connectivity index (χ3v) is 3.62. The van der Waals surface area contributed by atoms with Crippen molar-refractivity contribution in [3.05, 3.63) is 70.5 Å². The first-order valence-corrected chi connectivity index (χ1v) is 7.43. The molecule has 0 aliphatic rings. The molecule has 0 spiro atoms. The summed E-state index contributed by atoms with van der Waals surface area (Å²) in [6.45, 7) is 1.54. The lowest BCUT2D eigenvalue weighted by Gasteiger charge is -2.16. The smallest absolute Gasteiger partial charge is 0.254 e. The molecular weight excluding hydrogens is 319 g/mol. The molecule has 0 saturated carbocycles. The molecule has 1 unspecified atom stereocenters. The lowest BCUT2D eigenvalue weighted by Crippen LogP contribution is -2.38. The van der Waals surface area contributed by atoms with Crippen molar-refractivity contribution >= 4 is 23.4 Å². The number of halogens is 2. The molecule has 0 aromatic heterocycles. The van der Waals surface area contributed by atoms with E-state index in [1.54, 1.807) is 25.1 Å². The van der Waals surface area contributed by atoms with E-state index in [2.05, 4.69) is 10.6 Å². The van der Waals surface area contributed by atoms with Crippen molar-refractivity contribution in [2.24, 2.45) is 0 Å². The summed E-state index contributed by atoms with van der Waals surface area (Å²) >= 11 is 6.06. The quantitative estimate of drug-likeness (QED) is 0.882. The summed E-state index contributed by atoms with van der Waals surface area (Å²) in [6, 6.07) is 12.5. The topological polar surface area (TPSA) is 58.2 Å². The highest BCUT2D eigenvalue weighted by Crippen LogP contribution is 2.21. The lowest BCUT2D eigenvalue weighted by atomic mass is 10.1. The van der Waals surface area contributed by atoms with Crippen LogP contribution in [0.2, 0.25) is 5.02 Å². The second-order valence-corrected chi connectivity index (χ2v) is 5.38. The monoisotopic (exact) mass is 334 g/mol. The number of rotatable bonds is 5. The molecule has 2 aromatic rings. The number of hydrogen-bond acceptors (Lipinski definition) is 2. The van der Waals surface area contributed by atoms with Crippen LogP contribution in [-0.4, -0.2) is 18.4 Å². The molecule has 4 nitrogen and oxygen atoms in total. The Hall–Kier alpha value is -2.40. The predicted octanol–water partition coefficient (Wildman–Crippen LogP) is 3.09. The number of carbonyl (C=O) groups is 2. The Bertz CT molecular complexity index is 721. The van der Waals surface area contributed by atoms with E-state index in [0.717, 1.165) is 5.56 Å². The van der Waals surface area contributed by atoms with Gasteiger partial charge in [-0.05, 0) is 30.7 Å². The van der Waals surface area contributed by atoms with E-state index in [9.17, 15) is 14.0 Å². The maximum Gasteiger partial charge on any atom is 0.254 e. The summed E-state index contributed by atoms with van der Waals surface area (Å²) in [5.41, 5.74) is 0.683. The molecule has 0 radical (unpaired) electrons. The van der Waals surface area contributed by atoms with Gasteiger partial charge in [-0.25, -0.2) is 4.39 Å². The van der Waals surface area contributed by atoms with Gasteiger partial charge >= 0.3 is 0 Å². The van der Waals surface area contributed by atoms with Gasteiger partial charge in [-0.1, -0.05) is 41.9 Å². The van der Waals surface area contributed by atoms with Gasteiger partial charge in [0, 0.05) is 5.02 Å². The third-order valence-electron chi connectivity index (χ3n) is 3.28. The van der Waals surface area contributed by atoms with Crippen LogP contribution in [0.1, 0.15) is 28.9 Å². The summed E-state index contributed by atoms with van der Waals surface area (Å²) < 4.78 is 13.5. The van der Waals surface area contributed by atoms with Crippen LogP contribution in [0.25, 0.3) is 0 Å². The molecule has 2 rings (SSSR count). The Labute approximate surface area is 138 Å². The maximum absolute atomic E-state index is 13.5. The zero-order valence-electron chi connectivity index (χ0n) is 12.5. The molecule has 6 heteroatoms. The van der Waals surface area contributed by atoms with Crippen LogP contribution in [0.5, 0.6) is 0 Å². The number of amides is 2. The van der Waals surface area contributed by atoms with Gasteiger partial charge in [0.15, 0.2) is 0 Å². The van der Waals surface area contributed by atoms with Gasteiger partial charge in [-0.2, -0.15) is 0 Å². The lowest BCUT2D eigenvalue weighted by molar-refractivity contribution is -0.120. The van der Waals surface area contributed by atoms with Crippen molar-refractivity contribution in [3.63, 3.8) is 0 Å². The van der Waals surface area contributed by atoms with Gasteiger partial charge in [0.25, 0.3) is 5.91 Å². The van der Waals surface area contributed by atoms with Crippen LogP contribution in [0.15, 0.2) is 48.5 Å². The molecule has 0 fully saturated rings. The van der Waals surface area contributed by atoms with E-state index in [1.165, 1.54) is 18.2 Å². The second kappa shape index (κ2) is 7.74. The number of nitrogens with one attached hydrogen (secondary N) is 2. The maximum atomic E-state index is 13.5. The average molecular weight is 335 g/mol. The SMILES string of the molecule is CC(NC(=O)CNC(=O)c1ccccc1F)c1ccccc1Cl. The molecule has 1 atom stereocenters. The Morgan fingerprint density at radius 1 is 1.13 bits per heavy atom. The Morgan fingerprint density at radius 3 is 2.48 bits per heavy atom. The molecule has 0 aliphatic carbocycles. The highest BCUT2D eigenvalue weighted by molar-refractivity contribution is 6.31. The van der Waals surface area contributed by atoms with E-state index in [0.29, 0.717) is 5.02 Å². The second-order valence-electron chi connectivity index (χ2n) is 4.97. The summed E-state index contributed by atoms with van der Waals surface area (Å²) in [4.78, 5) is 23.7. The van der Waals surface area contributed by atoms with E-state index in [4.69, 9.17) is 11.6 Å². The van der Waals surface area contributed by atoms with Crippen molar-refractivity contribution < 1.29 is 14.0 Å². The molecule has 2 aromatic carbocycles. The highest BCUT2D eigenvalue weighted by atomic mass is 35.5. The minimum absolute atomic E-state index is 0.0977. The predicted molar refractivity (Wildman–Crippen MR) is 86.7 cm³/mol. The fourth-order valence-electron chi connectivity index (χ4n) is 2.10. The Balaban J connectivity index is 1.89. The zero-order valence-corrected chi connectivity index (χ0v) is 13.2. The van der Waals surface area contributed by atoms with Gasteiger partial charge in [0.1, 0.15) is 5.82 Å². The number of benzene rings is 2. The summed E-state index contributed by atoms with van der Waals surface area (Å²) in [5, 5.41) is 5.67. The molecule has 120 valence electrons. The molecule has 23 heavy (non-hydrogen) atoms. The van der Waals surface area contributed by atoms with E-state index >= 15 is 0 Å². The van der Waals surface area contributed by atoms with Gasteiger partial charge in [-0.3, -0.25) is 9.59 Å². The minimum atomic E-state index is -0.636. The van der Waals surface area contributed by atoms with Crippen molar-refractivity contribution in [2.45, 2.75) is 13.0 Å². The van der Waals surface area contributed by atoms with Crippen molar-refractivity contribution in [1.29, 1.82) is 0 Å². The fraction of sp³-hybridized carbons (Fsp3) is 0.176. The molecule has 0 saturated heterocycles. The van der Waals surface area contributed by atoms with Crippen molar-refractivity contribution in [2.75, 3.05) is 6.54 Å². The van der Waals surface area contributed by atoms with Crippen molar-refractivity contribution in [3.8, 4) is 0 Å². The van der Waals surface area contributed by atoms with E-state index in [1.807, 2.05) is 12.1 Å². The van der Waals surface area contributed by atoms with Gasteiger partial charge in [0.05, 0.1) is 18.2 Å². The highest BCUT2D eigenvalue weighted by Gasteiger charge is 2.15. The van der Waals surface area contributed by atoms with Crippen LogP contribution >= 0.6 is 11.6 Å². The standard InChI is InChI=1S/C17H16ClFN2O2/c1-11(12-6-2-4-8-14(12)18)21-16(22)10-20-17(23)13-7-3-5-9-15(13)19/h2-9,11H,10H2,1H3,(H,20,23)(H,21,22). The number of carbonyl (C=O) groups excluding carboxylic acids is 2. The molecule has 0 aliphatic heterocycles. The minimum Gasteiger partial charge on any atom is -0.348 e. The van der Waals surface area contributed by atoms with Gasteiger partial charge in [-0.15, -0.1) is 0 Å². The summed E-state index contributed by atoms with van der Waals surface area (Å²) in [7, 11) is 0. The van der Waals surface area contributed by atoms with Crippen LogP contribution in [0, 0.1) is 5.82 Å². The van der Waals surface area contributed by atoms with E-state index < -0.39 is 11.7 Å². The first-order valence-electron chi connectivity index (χ1n) is 7.05.